The van der Waals surface area contributed by atoms with Gasteiger partial charge >= 0.3 is 0 Å². The van der Waals surface area contributed by atoms with Crippen molar-refractivity contribution in [2.24, 2.45) is 11.8 Å². The lowest BCUT2D eigenvalue weighted by Gasteiger charge is -2.36. The summed E-state index contributed by atoms with van der Waals surface area (Å²) in [5.41, 5.74) is 1.42. The predicted molar refractivity (Wildman–Crippen MR) is 85.4 cm³/mol. The quantitative estimate of drug-likeness (QED) is 0.839. The van der Waals surface area contributed by atoms with Crippen molar-refractivity contribution in [2.45, 2.75) is 45.4 Å². The van der Waals surface area contributed by atoms with E-state index in [1.165, 1.54) is 24.8 Å². The highest BCUT2D eigenvalue weighted by Crippen LogP contribution is 2.43. The molecule has 1 aromatic rings. The van der Waals surface area contributed by atoms with Crippen LogP contribution in [0, 0.1) is 11.8 Å². The van der Waals surface area contributed by atoms with Gasteiger partial charge in [-0.1, -0.05) is 38.5 Å². The van der Waals surface area contributed by atoms with Crippen LogP contribution < -0.4 is 10.1 Å². The fourth-order valence-electron chi connectivity index (χ4n) is 3.46. The molecule has 0 heterocycles. The summed E-state index contributed by atoms with van der Waals surface area (Å²) in [6, 6.07) is 8.66. The van der Waals surface area contributed by atoms with Gasteiger partial charge < -0.3 is 10.1 Å². The van der Waals surface area contributed by atoms with E-state index in [1.54, 1.807) is 0 Å². The van der Waals surface area contributed by atoms with Crippen LogP contribution >= 0.6 is 0 Å². The predicted octanol–water partition coefficient (Wildman–Crippen LogP) is 4.21. The van der Waals surface area contributed by atoms with Crippen molar-refractivity contribution >= 4 is 0 Å². The normalized spacial score (nSPS) is 26.4. The molecule has 0 spiro atoms. The van der Waals surface area contributed by atoms with Gasteiger partial charge in [-0.15, -0.1) is 0 Å². The average Bonchev–Trinajstić information content (AvgIpc) is 2.47. The molecule has 20 heavy (non-hydrogen) atoms. The second kappa shape index (κ2) is 7.68. The van der Waals surface area contributed by atoms with Crippen molar-refractivity contribution < 1.29 is 4.74 Å². The Morgan fingerprint density at radius 2 is 2.05 bits per heavy atom. The number of hydrogen-bond donors (Lipinski definition) is 1. The SMILES string of the molecule is CCCOc1ccccc1C1CC(C)CCC1CNC. The molecule has 1 aliphatic rings. The molecule has 0 saturated heterocycles. The van der Waals surface area contributed by atoms with Crippen LogP contribution in [-0.4, -0.2) is 20.2 Å². The highest BCUT2D eigenvalue weighted by atomic mass is 16.5. The van der Waals surface area contributed by atoms with Crippen molar-refractivity contribution in [2.75, 3.05) is 20.2 Å². The van der Waals surface area contributed by atoms with Gasteiger partial charge in [0.15, 0.2) is 0 Å². The van der Waals surface area contributed by atoms with Gasteiger partial charge in [-0.2, -0.15) is 0 Å². The Kier molecular flexibility index (Phi) is 5.90. The van der Waals surface area contributed by atoms with E-state index in [4.69, 9.17) is 4.74 Å². The summed E-state index contributed by atoms with van der Waals surface area (Å²) in [4.78, 5) is 0. The molecular weight excluding hydrogens is 246 g/mol. The fourth-order valence-corrected chi connectivity index (χ4v) is 3.46. The van der Waals surface area contributed by atoms with Crippen LogP contribution in [0.2, 0.25) is 0 Å². The molecule has 3 atom stereocenters. The van der Waals surface area contributed by atoms with E-state index < -0.39 is 0 Å². The molecule has 0 amide bonds. The maximum absolute atomic E-state index is 5.98. The zero-order chi connectivity index (χ0) is 14.4. The van der Waals surface area contributed by atoms with Crippen LogP contribution in [0.3, 0.4) is 0 Å². The highest BCUT2D eigenvalue weighted by molar-refractivity contribution is 5.37. The molecule has 1 N–H and O–H groups in total. The number of rotatable bonds is 6. The van der Waals surface area contributed by atoms with Gasteiger partial charge in [-0.3, -0.25) is 0 Å². The standard InChI is InChI=1S/C18H29NO/c1-4-11-20-18-8-6-5-7-16(18)17-12-14(2)9-10-15(17)13-19-3/h5-8,14-15,17,19H,4,9-13H2,1-3H3. The molecule has 1 fully saturated rings. The van der Waals surface area contributed by atoms with Gasteiger partial charge in [0.2, 0.25) is 0 Å². The fraction of sp³-hybridized carbons (Fsp3) is 0.667. The Bertz CT molecular complexity index is 404. The van der Waals surface area contributed by atoms with Crippen LogP contribution in [-0.2, 0) is 0 Å². The van der Waals surface area contributed by atoms with E-state index in [9.17, 15) is 0 Å². The minimum Gasteiger partial charge on any atom is -0.493 e. The summed E-state index contributed by atoms with van der Waals surface area (Å²) < 4.78 is 5.98. The Morgan fingerprint density at radius 3 is 2.80 bits per heavy atom. The van der Waals surface area contributed by atoms with Gasteiger partial charge in [-0.05, 0) is 62.2 Å². The molecule has 3 unspecified atom stereocenters. The van der Waals surface area contributed by atoms with E-state index in [0.29, 0.717) is 5.92 Å². The summed E-state index contributed by atoms with van der Waals surface area (Å²) in [5.74, 6) is 3.31. The largest absolute Gasteiger partial charge is 0.493 e. The van der Waals surface area contributed by atoms with Crippen LogP contribution in [0.4, 0.5) is 0 Å². The summed E-state index contributed by atoms with van der Waals surface area (Å²) in [5, 5.41) is 3.37. The first-order chi connectivity index (χ1) is 9.76. The van der Waals surface area contributed by atoms with Crippen molar-refractivity contribution in [3.8, 4) is 5.75 Å². The molecular formula is C18H29NO. The molecule has 2 heteroatoms. The molecule has 0 aliphatic heterocycles. The van der Waals surface area contributed by atoms with Crippen molar-refractivity contribution in [3.63, 3.8) is 0 Å². The lowest BCUT2D eigenvalue weighted by atomic mass is 9.71. The lowest BCUT2D eigenvalue weighted by molar-refractivity contribution is 0.236. The van der Waals surface area contributed by atoms with Crippen molar-refractivity contribution in [3.05, 3.63) is 29.8 Å². The molecule has 1 aromatic carbocycles. The van der Waals surface area contributed by atoms with E-state index in [2.05, 4.69) is 50.5 Å². The highest BCUT2D eigenvalue weighted by Gasteiger charge is 2.31. The zero-order valence-corrected chi connectivity index (χ0v) is 13.2. The van der Waals surface area contributed by atoms with Gasteiger partial charge in [0.1, 0.15) is 5.75 Å². The summed E-state index contributed by atoms with van der Waals surface area (Å²) >= 11 is 0. The third kappa shape index (κ3) is 3.76. The van der Waals surface area contributed by atoms with E-state index in [-0.39, 0.29) is 0 Å². The first-order valence-electron chi connectivity index (χ1n) is 8.12. The topological polar surface area (TPSA) is 21.3 Å². The number of hydrogen-bond acceptors (Lipinski definition) is 2. The maximum Gasteiger partial charge on any atom is 0.122 e. The Balaban J connectivity index is 2.21. The van der Waals surface area contributed by atoms with Gasteiger partial charge in [-0.25, -0.2) is 0 Å². The average molecular weight is 275 g/mol. The molecule has 0 radical (unpaired) electrons. The molecule has 2 rings (SSSR count). The van der Waals surface area contributed by atoms with Crippen LogP contribution in [0.15, 0.2) is 24.3 Å². The van der Waals surface area contributed by atoms with Crippen molar-refractivity contribution in [1.82, 2.24) is 5.32 Å². The molecule has 0 bridgehead atoms. The number of nitrogens with one attached hydrogen (secondary N) is 1. The Labute approximate surface area is 123 Å². The summed E-state index contributed by atoms with van der Waals surface area (Å²) in [6.07, 6.45) is 5.05. The van der Waals surface area contributed by atoms with Gasteiger partial charge in [0.25, 0.3) is 0 Å². The van der Waals surface area contributed by atoms with Crippen LogP contribution in [0.5, 0.6) is 5.75 Å². The van der Waals surface area contributed by atoms with Crippen molar-refractivity contribution in [1.29, 1.82) is 0 Å². The van der Waals surface area contributed by atoms with E-state index >= 15 is 0 Å². The second-order valence-corrected chi connectivity index (χ2v) is 6.23. The first-order valence-corrected chi connectivity index (χ1v) is 8.12. The first kappa shape index (κ1) is 15.4. The van der Waals surface area contributed by atoms with Gasteiger partial charge in [0.05, 0.1) is 6.61 Å². The van der Waals surface area contributed by atoms with Gasteiger partial charge in [0, 0.05) is 0 Å². The minimum absolute atomic E-state index is 0.638. The number of benzene rings is 1. The third-order valence-electron chi connectivity index (χ3n) is 4.50. The summed E-state index contributed by atoms with van der Waals surface area (Å²) in [6.45, 7) is 6.47. The van der Waals surface area contributed by atoms with E-state index in [1.807, 2.05) is 0 Å². The molecule has 0 aromatic heterocycles. The van der Waals surface area contributed by atoms with Crippen LogP contribution in [0.25, 0.3) is 0 Å². The molecule has 1 saturated carbocycles. The molecule has 1 aliphatic carbocycles. The minimum atomic E-state index is 0.638. The molecule has 2 nitrogen and oxygen atoms in total. The maximum atomic E-state index is 5.98. The zero-order valence-electron chi connectivity index (χ0n) is 13.2. The smallest absolute Gasteiger partial charge is 0.122 e. The number of ether oxygens (including phenoxy) is 1. The monoisotopic (exact) mass is 275 g/mol. The lowest BCUT2D eigenvalue weighted by Crippen LogP contribution is -2.30. The summed E-state index contributed by atoms with van der Waals surface area (Å²) in [7, 11) is 2.06. The molecule has 112 valence electrons. The second-order valence-electron chi connectivity index (χ2n) is 6.23. The van der Waals surface area contributed by atoms with Crippen LogP contribution in [0.1, 0.15) is 51.0 Å². The third-order valence-corrected chi connectivity index (χ3v) is 4.50. The number of para-hydroxylation sites is 1. The Morgan fingerprint density at radius 1 is 1.25 bits per heavy atom. The van der Waals surface area contributed by atoms with E-state index in [0.717, 1.165) is 37.2 Å². The Hall–Kier alpha value is -1.02.